The van der Waals surface area contributed by atoms with Gasteiger partial charge >= 0.3 is 0 Å². The van der Waals surface area contributed by atoms with Crippen LogP contribution in [0.1, 0.15) is 16.7 Å². The van der Waals surface area contributed by atoms with Crippen molar-refractivity contribution in [3.05, 3.63) is 253 Å². The van der Waals surface area contributed by atoms with Gasteiger partial charge in [-0.1, -0.05) is 222 Å². The first-order chi connectivity index (χ1) is 40.0. The maximum absolute atomic E-state index is 2.52. The zero-order valence-corrected chi connectivity index (χ0v) is 45.1. The maximum atomic E-state index is 2.52. The lowest BCUT2D eigenvalue weighted by molar-refractivity contribution is 1.18. The number of benzene rings is 12. The molecule has 81 heavy (non-hydrogen) atoms. The molecule has 0 N–H and O–H groups in total. The Morgan fingerprint density at radius 2 is 0.679 bits per heavy atom. The number of hydrogen-bond donors (Lipinski definition) is 0. The van der Waals surface area contributed by atoms with Crippen LogP contribution in [-0.4, -0.2) is 33.8 Å². The van der Waals surface area contributed by atoms with Crippen molar-refractivity contribution >= 4 is 135 Å². The Balaban J connectivity index is 0.0000000907. The quantitative estimate of drug-likeness (QED) is 0.135. The van der Waals surface area contributed by atoms with Gasteiger partial charge in [0.1, 0.15) is 0 Å². The topological polar surface area (TPSA) is 14.8 Å². The molecule has 21 rings (SSSR count). The maximum Gasteiger partial charge on any atom is 0.248 e. The molecule has 15 aromatic rings. The zero-order chi connectivity index (χ0) is 53.1. The fourth-order valence-electron chi connectivity index (χ4n) is 16.6. The number of nitrogens with zero attached hydrogens (tertiary/aromatic N) is 3. The molecule has 6 heteroatoms. The van der Waals surface area contributed by atoms with E-state index in [-0.39, 0.29) is 0 Å². The summed E-state index contributed by atoms with van der Waals surface area (Å²) in [4.78, 5) is 0. The van der Waals surface area contributed by atoms with Gasteiger partial charge in [0.25, 0.3) is 0 Å². The lowest BCUT2D eigenvalue weighted by atomic mass is 9.37. The summed E-state index contributed by atoms with van der Waals surface area (Å²) in [6, 6.07) is 87.9. The molecule has 0 saturated heterocycles. The molecule has 0 atom stereocenters. The van der Waals surface area contributed by atoms with Gasteiger partial charge in [-0.15, -0.1) is 0 Å². The Kier molecular flexibility index (Phi) is 8.58. The normalized spacial score (nSPS) is 13.3. The van der Waals surface area contributed by atoms with Crippen molar-refractivity contribution in [1.29, 1.82) is 0 Å². The van der Waals surface area contributed by atoms with Crippen LogP contribution in [0.4, 0.5) is 0 Å². The average Bonchev–Trinajstić information content (AvgIpc) is 2.51. The highest BCUT2D eigenvalue weighted by atomic mass is 15.0. The molecule has 6 aliphatic rings. The Labute approximate surface area is 470 Å². The molecule has 9 heterocycles. The van der Waals surface area contributed by atoms with Crippen LogP contribution in [0, 0.1) is 20.8 Å². The fourth-order valence-corrected chi connectivity index (χ4v) is 16.6. The van der Waals surface area contributed by atoms with Crippen molar-refractivity contribution in [3.63, 3.8) is 0 Å². The summed E-state index contributed by atoms with van der Waals surface area (Å²) >= 11 is 0. The highest BCUT2D eigenvalue weighted by Crippen LogP contribution is 2.41. The highest BCUT2D eigenvalue weighted by molar-refractivity contribution is 7.03. The predicted molar refractivity (Wildman–Crippen MR) is 347 cm³/mol. The van der Waals surface area contributed by atoms with Crippen LogP contribution in [0.2, 0.25) is 0 Å². The van der Waals surface area contributed by atoms with Crippen LogP contribution in [-0.2, 0) is 0 Å². The number of aryl methyl sites for hydroxylation is 3. The van der Waals surface area contributed by atoms with E-state index in [9.17, 15) is 0 Å². The van der Waals surface area contributed by atoms with Crippen molar-refractivity contribution in [2.45, 2.75) is 20.8 Å². The summed E-state index contributed by atoms with van der Waals surface area (Å²) in [5, 5.41) is 8.22. The molecule has 6 aliphatic heterocycles. The summed E-state index contributed by atoms with van der Waals surface area (Å²) in [5.41, 5.74) is 37.6. The third-order valence-electron chi connectivity index (χ3n) is 19.5. The second kappa shape index (κ2) is 15.7. The van der Waals surface area contributed by atoms with E-state index in [2.05, 4.69) is 271 Å². The Morgan fingerprint density at radius 3 is 1.30 bits per heavy atom. The van der Waals surface area contributed by atoms with E-state index in [1.807, 2.05) is 0 Å². The highest BCUT2D eigenvalue weighted by Gasteiger charge is 2.44. The monoisotopic (exact) mass is 1020 g/mol. The summed E-state index contributed by atoms with van der Waals surface area (Å²) in [6.07, 6.45) is 0. The van der Waals surface area contributed by atoms with Crippen molar-refractivity contribution in [2.75, 3.05) is 0 Å². The summed E-state index contributed by atoms with van der Waals surface area (Å²) in [7, 11) is 0. The molecule has 3 nitrogen and oxygen atoms in total. The zero-order valence-electron chi connectivity index (χ0n) is 45.1. The molecule has 0 spiro atoms. The van der Waals surface area contributed by atoms with E-state index >= 15 is 0 Å². The van der Waals surface area contributed by atoms with Crippen LogP contribution in [0.5, 0.6) is 0 Å². The van der Waals surface area contributed by atoms with Gasteiger partial charge in [0, 0.05) is 65.9 Å². The van der Waals surface area contributed by atoms with E-state index in [4.69, 9.17) is 0 Å². The lowest BCUT2D eigenvalue weighted by Gasteiger charge is -2.25. The Hall–Kier alpha value is -9.77. The van der Waals surface area contributed by atoms with Crippen LogP contribution < -0.4 is 49.2 Å². The standard InChI is InChI=1S/3C25H16BN/c1-15-13-19-17-8-3-5-11-22(17)27-23-12-6-9-18-16-7-2-4-10-20(16)26(24(18)23)21(14-15)25(19)27;1-15-13-14-20-25-23(15)18-8-3-5-11-21(18)27(25)22-12-6-9-17-16-7-2-4-10-19(16)26(20)24(17)22;1-15-7-4-10-18-19-11-5-13-21-25(19)27(24(15)18)22-14-6-9-17-16-8-2-3-12-20(16)26(21)23(17)22/h3*2-14H,1H3. The SMILES string of the molecule is Cc1cc2c3c(c1)c1ccccc1n3-c1cccc3c1B2c1ccccc1-3.Cc1ccc2c3c1c1ccccc1n3-c1cccc3c1B2c1ccccc1-3.Cc1cccc2c3cccc4c3n(c12)-c1cccc2c1B4c1ccccc1-2. The average molecular weight is 1020 g/mol. The first-order valence-corrected chi connectivity index (χ1v) is 28.8. The Morgan fingerprint density at radius 1 is 0.259 bits per heavy atom. The van der Waals surface area contributed by atoms with Gasteiger partial charge in [-0.25, -0.2) is 0 Å². The number of rotatable bonds is 0. The first-order valence-electron chi connectivity index (χ1n) is 28.8. The molecule has 0 radical (unpaired) electrons. The minimum Gasteiger partial charge on any atom is -0.310 e. The molecule has 0 amide bonds. The number of aromatic nitrogens is 3. The molecule has 12 aromatic carbocycles. The van der Waals surface area contributed by atoms with E-state index < -0.39 is 0 Å². The second-order valence-electron chi connectivity index (χ2n) is 23.5. The van der Waals surface area contributed by atoms with E-state index in [1.54, 1.807) is 0 Å². The van der Waals surface area contributed by atoms with Gasteiger partial charge in [0.2, 0.25) is 20.1 Å². The lowest BCUT2D eigenvalue weighted by Crippen LogP contribution is -2.53. The molecule has 0 fully saturated rings. The number of para-hydroxylation sites is 4. The first kappa shape index (κ1) is 44.1. The minimum atomic E-state index is 0.339. The smallest absolute Gasteiger partial charge is 0.248 e. The Bertz CT molecular complexity index is 5370. The van der Waals surface area contributed by atoms with Gasteiger partial charge in [0.05, 0.1) is 16.6 Å². The number of fused-ring (bicyclic) bond motifs is 24. The van der Waals surface area contributed by atoms with Gasteiger partial charge in [-0.2, -0.15) is 0 Å². The minimum absolute atomic E-state index is 0.339. The molecule has 0 unspecified atom stereocenters. The van der Waals surface area contributed by atoms with Gasteiger partial charge in [0.15, 0.2) is 0 Å². The van der Waals surface area contributed by atoms with Crippen LogP contribution in [0.3, 0.4) is 0 Å². The number of hydrogen-bond acceptors (Lipinski definition) is 0. The van der Waals surface area contributed by atoms with Gasteiger partial charge in [-0.05, 0) is 134 Å². The largest absolute Gasteiger partial charge is 0.310 e. The third-order valence-corrected chi connectivity index (χ3v) is 19.5. The molecular formula is C75H48B3N3. The van der Waals surface area contributed by atoms with Gasteiger partial charge < -0.3 is 13.7 Å². The van der Waals surface area contributed by atoms with E-state index in [1.165, 1.54) is 182 Å². The second-order valence-corrected chi connectivity index (χ2v) is 23.5. The summed E-state index contributed by atoms with van der Waals surface area (Å²) in [6.45, 7) is 7.72. The van der Waals surface area contributed by atoms with Gasteiger partial charge in [-0.3, -0.25) is 0 Å². The van der Waals surface area contributed by atoms with E-state index in [0.29, 0.717) is 20.1 Å². The van der Waals surface area contributed by atoms with Crippen LogP contribution in [0.15, 0.2) is 237 Å². The van der Waals surface area contributed by atoms with Crippen molar-refractivity contribution in [2.24, 2.45) is 0 Å². The third kappa shape index (κ3) is 5.48. The molecule has 0 bridgehead atoms. The molecular weight excluding hydrogens is 975 g/mol. The van der Waals surface area contributed by atoms with Crippen molar-refractivity contribution < 1.29 is 0 Å². The van der Waals surface area contributed by atoms with Crippen molar-refractivity contribution in [3.8, 4) is 50.4 Å². The predicted octanol–water partition coefficient (Wildman–Crippen LogP) is 11.7. The van der Waals surface area contributed by atoms with Crippen LogP contribution in [0.25, 0.3) is 116 Å². The van der Waals surface area contributed by atoms with Crippen molar-refractivity contribution in [1.82, 2.24) is 13.7 Å². The van der Waals surface area contributed by atoms with E-state index in [0.717, 1.165) is 0 Å². The van der Waals surface area contributed by atoms with Crippen LogP contribution >= 0.6 is 0 Å². The fraction of sp³-hybridized carbons (Fsp3) is 0.0400. The molecule has 372 valence electrons. The molecule has 0 saturated carbocycles. The summed E-state index contributed by atoms with van der Waals surface area (Å²) in [5.74, 6) is 0. The summed E-state index contributed by atoms with van der Waals surface area (Å²) < 4.78 is 7.53. The molecule has 0 aliphatic carbocycles. The molecule has 3 aromatic heterocycles.